The van der Waals surface area contributed by atoms with Crippen LogP contribution in [-0.4, -0.2) is 25.0 Å². The Morgan fingerprint density at radius 1 is 1.19 bits per heavy atom. The SMILES string of the molecule is Cc1ccc(S(=O)(=O)n2cc(CCC3CCCN3)c3cc(Br)ccc32)cc1. The van der Waals surface area contributed by atoms with E-state index in [1.54, 1.807) is 18.3 Å². The number of fused-ring (bicyclic) bond motifs is 1. The van der Waals surface area contributed by atoms with Crippen molar-refractivity contribution in [2.24, 2.45) is 0 Å². The van der Waals surface area contributed by atoms with E-state index in [9.17, 15) is 8.42 Å². The van der Waals surface area contributed by atoms with Crippen LogP contribution in [0.2, 0.25) is 0 Å². The molecule has 27 heavy (non-hydrogen) atoms. The van der Waals surface area contributed by atoms with Crippen LogP contribution in [-0.2, 0) is 16.4 Å². The molecule has 0 spiro atoms. The monoisotopic (exact) mass is 446 g/mol. The molecule has 4 nitrogen and oxygen atoms in total. The summed E-state index contributed by atoms with van der Waals surface area (Å²) in [6.45, 7) is 3.04. The van der Waals surface area contributed by atoms with Crippen LogP contribution in [0.4, 0.5) is 0 Å². The van der Waals surface area contributed by atoms with E-state index in [0.717, 1.165) is 45.9 Å². The maximum atomic E-state index is 13.3. The minimum Gasteiger partial charge on any atom is -0.314 e. The Morgan fingerprint density at radius 2 is 1.96 bits per heavy atom. The second kappa shape index (κ2) is 7.41. The first kappa shape index (κ1) is 18.7. The molecule has 1 aliphatic rings. The second-order valence-corrected chi connectivity index (χ2v) is 9.99. The first-order valence-corrected chi connectivity index (χ1v) is 11.5. The van der Waals surface area contributed by atoms with Crippen molar-refractivity contribution in [3.63, 3.8) is 0 Å². The molecule has 2 heterocycles. The Hall–Kier alpha value is -1.63. The third-order valence-electron chi connectivity index (χ3n) is 5.32. The predicted octanol–water partition coefficient (Wildman–Crippen LogP) is 4.63. The Labute approximate surface area is 168 Å². The number of aryl methyl sites for hydroxylation is 2. The molecule has 0 bridgehead atoms. The molecule has 1 N–H and O–H groups in total. The highest BCUT2D eigenvalue weighted by molar-refractivity contribution is 9.10. The number of nitrogens with one attached hydrogen (secondary N) is 1. The number of halogens is 1. The van der Waals surface area contributed by atoms with Crippen LogP contribution in [0.25, 0.3) is 10.9 Å². The van der Waals surface area contributed by atoms with Gasteiger partial charge < -0.3 is 5.32 Å². The average molecular weight is 447 g/mol. The van der Waals surface area contributed by atoms with Crippen LogP contribution in [0.1, 0.15) is 30.4 Å². The zero-order chi connectivity index (χ0) is 19.0. The molecule has 0 radical (unpaired) electrons. The largest absolute Gasteiger partial charge is 0.314 e. The molecular weight excluding hydrogens is 424 g/mol. The van der Waals surface area contributed by atoms with E-state index in [0.29, 0.717) is 10.9 Å². The van der Waals surface area contributed by atoms with Crippen LogP contribution >= 0.6 is 15.9 Å². The maximum Gasteiger partial charge on any atom is 0.268 e. The standard InChI is InChI=1S/C21H23BrN2O2S/c1-15-4-9-19(10-5-15)27(25,26)24-14-16(6-8-18-3-2-12-23-18)20-13-17(22)7-11-21(20)24/h4-5,7,9-11,13-14,18,23H,2-3,6,8,12H2,1H3. The van der Waals surface area contributed by atoms with Crippen molar-refractivity contribution in [2.45, 2.75) is 43.5 Å². The highest BCUT2D eigenvalue weighted by atomic mass is 79.9. The Morgan fingerprint density at radius 3 is 2.67 bits per heavy atom. The van der Waals surface area contributed by atoms with Crippen molar-refractivity contribution in [1.82, 2.24) is 9.29 Å². The fourth-order valence-electron chi connectivity index (χ4n) is 3.79. The van der Waals surface area contributed by atoms with Gasteiger partial charge in [0.1, 0.15) is 0 Å². The summed E-state index contributed by atoms with van der Waals surface area (Å²) in [5.74, 6) is 0. The molecule has 0 aliphatic carbocycles. The zero-order valence-corrected chi connectivity index (χ0v) is 17.7. The van der Waals surface area contributed by atoms with Gasteiger partial charge in [0.2, 0.25) is 0 Å². The topological polar surface area (TPSA) is 51.1 Å². The number of hydrogen-bond acceptors (Lipinski definition) is 3. The fourth-order valence-corrected chi connectivity index (χ4v) is 5.55. The van der Waals surface area contributed by atoms with Gasteiger partial charge in [-0.2, -0.15) is 0 Å². The van der Waals surface area contributed by atoms with Crippen molar-refractivity contribution in [2.75, 3.05) is 6.54 Å². The smallest absolute Gasteiger partial charge is 0.268 e. The lowest BCUT2D eigenvalue weighted by molar-refractivity contribution is 0.560. The van der Waals surface area contributed by atoms with Gasteiger partial charge in [-0.15, -0.1) is 0 Å². The normalized spacial score (nSPS) is 17.6. The number of rotatable bonds is 5. The number of aromatic nitrogens is 1. The number of benzene rings is 2. The van der Waals surface area contributed by atoms with Crippen LogP contribution in [0.15, 0.2) is 58.0 Å². The third kappa shape index (κ3) is 3.71. The van der Waals surface area contributed by atoms with Crippen molar-refractivity contribution < 1.29 is 8.42 Å². The first-order valence-electron chi connectivity index (χ1n) is 9.30. The van der Waals surface area contributed by atoms with Gasteiger partial charge >= 0.3 is 0 Å². The van der Waals surface area contributed by atoms with Gasteiger partial charge in [-0.25, -0.2) is 12.4 Å². The highest BCUT2D eigenvalue weighted by Gasteiger charge is 2.22. The van der Waals surface area contributed by atoms with E-state index >= 15 is 0 Å². The molecular formula is C21H23BrN2O2S. The summed E-state index contributed by atoms with van der Waals surface area (Å²) in [7, 11) is -3.63. The van der Waals surface area contributed by atoms with Crippen molar-refractivity contribution >= 4 is 36.9 Å². The van der Waals surface area contributed by atoms with Crippen molar-refractivity contribution in [3.8, 4) is 0 Å². The Kier molecular flexibility index (Phi) is 5.14. The average Bonchev–Trinajstić information content (AvgIpc) is 3.28. The summed E-state index contributed by atoms with van der Waals surface area (Å²) in [6, 6.07) is 13.4. The maximum absolute atomic E-state index is 13.3. The molecule has 4 rings (SSSR count). The molecule has 0 amide bonds. The molecule has 1 atom stereocenters. The molecule has 3 aromatic rings. The van der Waals surface area contributed by atoms with E-state index in [4.69, 9.17) is 0 Å². The van der Waals surface area contributed by atoms with E-state index < -0.39 is 10.0 Å². The molecule has 0 saturated carbocycles. The van der Waals surface area contributed by atoms with Gasteiger partial charge in [0, 0.05) is 22.1 Å². The molecule has 1 aromatic heterocycles. The van der Waals surface area contributed by atoms with E-state index in [-0.39, 0.29) is 0 Å². The molecule has 6 heteroatoms. The fraction of sp³-hybridized carbons (Fsp3) is 0.333. The Bertz CT molecular complexity index is 1070. The summed E-state index contributed by atoms with van der Waals surface area (Å²) >= 11 is 3.53. The lowest BCUT2D eigenvalue weighted by atomic mass is 10.0. The quantitative estimate of drug-likeness (QED) is 0.621. The van der Waals surface area contributed by atoms with E-state index in [2.05, 4.69) is 21.2 Å². The van der Waals surface area contributed by atoms with Crippen LogP contribution in [0.5, 0.6) is 0 Å². The van der Waals surface area contributed by atoms with E-state index in [1.807, 2.05) is 37.3 Å². The summed E-state index contributed by atoms with van der Waals surface area (Å²) in [6.07, 6.45) is 6.11. The minimum absolute atomic E-state index is 0.317. The molecule has 1 aliphatic heterocycles. The molecule has 1 saturated heterocycles. The summed E-state index contributed by atoms with van der Waals surface area (Å²) in [4.78, 5) is 0.317. The zero-order valence-electron chi connectivity index (χ0n) is 15.3. The van der Waals surface area contributed by atoms with Gasteiger partial charge in [-0.05, 0) is 75.0 Å². The number of hydrogen-bond donors (Lipinski definition) is 1. The predicted molar refractivity (Wildman–Crippen MR) is 113 cm³/mol. The third-order valence-corrected chi connectivity index (χ3v) is 7.50. The Balaban J connectivity index is 1.77. The van der Waals surface area contributed by atoms with Crippen molar-refractivity contribution in [3.05, 3.63) is 64.3 Å². The van der Waals surface area contributed by atoms with Gasteiger partial charge in [0.05, 0.1) is 10.4 Å². The summed E-state index contributed by atoms with van der Waals surface area (Å²) in [5, 5.41) is 4.52. The molecule has 1 unspecified atom stereocenters. The van der Waals surface area contributed by atoms with Crippen LogP contribution < -0.4 is 5.32 Å². The molecule has 2 aromatic carbocycles. The first-order chi connectivity index (χ1) is 12.9. The van der Waals surface area contributed by atoms with Gasteiger partial charge in [0.15, 0.2) is 0 Å². The van der Waals surface area contributed by atoms with Crippen LogP contribution in [0, 0.1) is 6.92 Å². The van der Waals surface area contributed by atoms with Crippen LogP contribution in [0.3, 0.4) is 0 Å². The highest BCUT2D eigenvalue weighted by Crippen LogP contribution is 2.30. The summed E-state index contributed by atoms with van der Waals surface area (Å²) in [5.41, 5.74) is 2.85. The number of nitrogens with zero attached hydrogens (tertiary/aromatic N) is 1. The van der Waals surface area contributed by atoms with E-state index in [1.165, 1.54) is 16.8 Å². The van der Waals surface area contributed by atoms with Gasteiger partial charge in [0.25, 0.3) is 10.0 Å². The lowest BCUT2D eigenvalue weighted by Crippen LogP contribution is -2.21. The lowest BCUT2D eigenvalue weighted by Gasteiger charge is -2.09. The summed E-state index contributed by atoms with van der Waals surface area (Å²) < 4.78 is 28.9. The van der Waals surface area contributed by atoms with Crippen molar-refractivity contribution in [1.29, 1.82) is 0 Å². The second-order valence-electron chi connectivity index (χ2n) is 7.26. The van der Waals surface area contributed by atoms with Gasteiger partial charge in [-0.1, -0.05) is 33.6 Å². The molecule has 142 valence electrons. The molecule has 1 fully saturated rings. The minimum atomic E-state index is -3.63. The van der Waals surface area contributed by atoms with Gasteiger partial charge in [-0.3, -0.25) is 0 Å².